The summed E-state index contributed by atoms with van der Waals surface area (Å²) in [6.45, 7) is 8.64. The van der Waals surface area contributed by atoms with Crippen molar-refractivity contribution in [2.75, 3.05) is 38.6 Å². The third kappa shape index (κ3) is 5.16. The number of aryl methyl sites for hydroxylation is 1. The Hall–Kier alpha value is -2.93. The van der Waals surface area contributed by atoms with E-state index in [1.165, 1.54) is 11.1 Å². The van der Waals surface area contributed by atoms with E-state index in [1.807, 2.05) is 33.2 Å². The predicted octanol–water partition coefficient (Wildman–Crippen LogP) is 3.34. The molecule has 1 amide bonds. The number of benzene rings is 2. The number of nitrogens with zero attached hydrogens (tertiary/aromatic N) is 4. The molecule has 0 aliphatic rings. The van der Waals surface area contributed by atoms with Crippen LogP contribution in [0.3, 0.4) is 0 Å². The molecular weight excluding hydrogens is 378 g/mol. The van der Waals surface area contributed by atoms with Gasteiger partial charge in [-0.15, -0.1) is 0 Å². The quantitative estimate of drug-likeness (QED) is 0.584. The second kappa shape index (κ2) is 9.71. The fourth-order valence-corrected chi connectivity index (χ4v) is 3.30. The maximum absolute atomic E-state index is 12.4. The molecule has 0 aliphatic heterocycles. The first kappa shape index (κ1) is 21.8. The summed E-state index contributed by atoms with van der Waals surface area (Å²) in [5.74, 6) is 0.594. The van der Waals surface area contributed by atoms with Crippen LogP contribution in [-0.2, 0) is 11.3 Å². The largest absolute Gasteiger partial charge is 0.371 e. The van der Waals surface area contributed by atoms with Crippen molar-refractivity contribution >= 4 is 22.6 Å². The normalized spacial score (nSPS) is 11.3. The van der Waals surface area contributed by atoms with Gasteiger partial charge in [0.2, 0.25) is 5.91 Å². The van der Waals surface area contributed by atoms with Crippen LogP contribution in [0.1, 0.15) is 36.5 Å². The van der Waals surface area contributed by atoms with Gasteiger partial charge in [0.1, 0.15) is 5.52 Å². The molecule has 1 heterocycles. The summed E-state index contributed by atoms with van der Waals surface area (Å²) in [6, 6.07) is 12.6. The van der Waals surface area contributed by atoms with Gasteiger partial charge in [-0.25, -0.2) is 4.63 Å². The van der Waals surface area contributed by atoms with Gasteiger partial charge in [0, 0.05) is 33.7 Å². The number of likely N-dealkylation sites (N-methyl/N-ethyl adjacent to an activating group) is 2. The zero-order chi connectivity index (χ0) is 21.7. The van der Waals surface area contributed by atoms with Crippen LogP contribution in [0.15, 0.2) is 41.0 Å². The Balaban J connectivity index is 1.46. The SMILES string of the molecule is Cc1ccc(N(C)CCN(C)C(=O)CNCc2ccc(C(C)C)cc2)c2nonc12. The van der Waals surface area contributed by atoms with Crippen molar-refractivity contribution in [1.29, 1.82) is 0 Å². The van der Waals surface area contributed by atoms with Crippen molar-refractivity contribution in [3.63, 3.8) is 0 Å². The lowest BCUT2D eigenvalue weighted by atomic mass is 10.0. The summed E-state index contributed by atoms with van der Waals surface area (Å²) in [6.07, 6.45) is 0. The van der Waals surface area contributed by atoms with Gasteiger partial charge in [-0.3, -0.25) is 4.79 Å². The summed E-state index contributed by atoms with van der Waals surface area (Å²) < 4.78 is 4.90. The zero-order valence-electron chi connectivity index (χ0n) is 18.5. The third-order valence-electron chi connectivity index (χ3n) is 5.46. The van der Waals surface area contributed by atoms with Crippen LogP contribution in [-0.4, -0.2) is 54.9 Å². The Bertz CT molecular complexity index is 981. The van der Waals surface area contributed by atoms with Crippen LogP contribution >= 0.6 is 0 Å². The standard InChI is InChI=1S/C23H31N5O2/c1-16(2)19-9-7-18(8-10-19)14-24-15-21(29)28(5)13-12-27(4)20-11-6-17(3)22-23(20)26-30-25-22/h6-11,16,24H,12-15H2,1-5H3. The van der Waals surface area contributed by atoms with Crippen LogP contribution < -0.4 is 10.2 Å². The van der Waals surface area contributed by atoms with Crippen molar-refractivity contribution in [1.82, 2.24) is 20.5 Å². The number of hydrogen-bond acceptors (Lipinski definition) is 6. The number of anilines is 1. The Morgan fingerprint density at radius 3 is 2.43 bits per heavy atom. The van der Waals surface area contributed by atoms with Gasteiger partial charge < -0.3 is 15.1 Å². The second-order valence-electron chi connectivity index (χ2n) is 8.10. The maximum atomic E-state index is 12.4. The average Bonchev–Trinajstić information content (AvgIpc) is 3.23. The van der Waals surface area contributed by atoms with Gasteiger partial charge >= 0.3 is 0 Å². The molecule has 0 bridgehead atoms. The summed E-state index contributed by atoms with van der Waals surface area (Å²) >= 11 is 0. The van der Waals surface area contributed by atoms with Gasteiger partial charge in [0.25, 0.3) is 0 Å². The monoisotopic (exact) mass is 409 g/mol. The lowest BCUT2D eigenvalue weighted by molar-refractivity contribution is -0.128. The van der Waals surface area contributed by atoms with E-state index in [1.54, 1.807) is 4.90 Å². The molecule has 1 N–H and O–H groups in total. The van der Waals surface area contributed by atoms with E-state index < -0.39 is 0 Å². The molecule has 3 rings (SSSR count). The van der Waals surface area contributed by atoms with E-state index >= 15 is 0 Å². The highest BCUT2D eigenvalue weighted by Gasteiger charge is 2.14. The molecule has 0 saturated carbocycles. The number of fused-ring (bicyclic) bond motifs is 1. The van der Waals surface area contributed by atoms with Crippen molar-refractivity contribution in [2.45, 2.75) is 33.2 Å². The number of carbonyl (C=O) groups is 1. The fourth-order valence-electron chi connectivity index (χ4n) is 3.30. The Morgan fingerprint density at radius 1 is 1.03 bits per heavy atom. The lowest BCUT2D eigenvalue weighted by Gasteiger charge is -2.24. The molecule has 160 valence electrons. The number of hydrogen-bond donors (Lipinski definition) is 1. The third-order valence-corrected chi connectivity index (χ3v) is 5.46. The van der Waals surface area contributed by atoms with E-state index in [9.17, 15) is 4.79 Å². The van der Waals surface area contributed by atoms with E-state index in [0.29, 0.717) is 32.1 Å². The molecule has 30 heavy (non-hydrogen) atoms. The van der Waals surface area contributed by atoms with Gasteiger partial charge in [0.05, 0.1) is 12.2 Å². The smallest absolute Gasteiger partial charge is 0.236 e. The van der Waals surface area contributed by atoms with Crippen molar-refractivity contribution < 1.29 is 9.42 Å². The van der Waals surface area contributed by atoms with Crippen LogP contribution in [0.5, 0.6) is 0 Å². The van der Waals surface area contributed by atoms with Crippen LogP contribution in [0.25, 0.3) is 11.0 Å². The Kier molecular flexibility index (Phi) is 7.05. The van der Waals surface area contributed by atoms with Crippen molar-refractivity contribution in [2.24, 2.45) is 0 Å². The summed E-state index contributed by atoms with van der Waals surface area (Å²) in [5, 5.41) is 11.2. The number of amides is 1. The first-order chi connectivity index (χ1) is 14.4. The Labute approximate surface area is 178 Å². The molecule has 0 radical (unpaired) electrons. The summed E-state index contributed by atoms with van der Waals surface area (Å²) in [7, 11) is 3.81. The van der Waals surface area contributed by atoms with E-state index in [4.69, 9.17) is 4.63 Å². The van der Waals surface area contributed by atoms with Crippen LogP contribution in [0, 0.1) is 6.92 Å². The zero-order valence-corrected chi connectivity index (χ0v) is 18.5. The minimum atomic E-state index is 0.0688. The summed E-state index contributed by atoms with van der Waals surface area (Å²) in [5.41, 5.74) is 6.00. The highest BCUT2D eigenvalue weighted by molar-refractivity contribution is 5.89. The highest BCUT2D eigenvalue weighted by Crippen LogP contribution is 2.25. The first-order valence-electron chi connectivity index (χ1n) is 10.3. The Morgan fingerprint density at radius 2 is 1.73 bits per heavy atom. The van der Waals surface area contributed by atoms with Gasteiger partial charge in [-0.05, 0) is 45.9 Å². The first-order valence-corrected chi connectivity index (χ1v) is 10.3. The van der Waals surface area contributed by atoms with E-state index in [-0.39, 0.29) is 5.91 Å². The molecule has 2 aromatic carbocycles. The topological polar surface area (TPSA) is 74.5 Å². The molecule has 0 unspecified atom stereocenters. The molecule has 0 fully saturated rings. The molecule has 0 atom stereocenters. The lowest BCUT2D eigenvalue weighted by Crippen LogP contribution is -2.39. The number of rotatable bonds is 9. The molecule has 1 aromatic heterocycles. The number of carbonyl (C=O) groups excluding carboxylic acids is 1. The second-order valence-corrected chi connectivity index (χ2v) is 8.10. The minimum absolute atomic E-state index is 0.0688. The average molecular weight is 410 g/mol. The molecule has 7 nitrogen and oxygen atoms in total. The van der Waals surface area contributed by atoms with Crippen molar-refractivity contribution in [3.8, 4) is 0 Å². The fraction of sp³-hybridized carbons (Fsp3) is 0.435. The van der Waals surface area contributed by atoms with Crippen molar-refractivity contribution in [3.05, 3.63) is 53.1 Å². The molecular formula is C23H31N5O2. The van der Waals surface area contributed by atoms with Crippen LogP contribution in [0.2, 0.25) is 0 Å². The van der Waals surface area contributed by atoms with Gasteiger partial charge in [-0.1, -0.05) is 44.2 Å². The van der Waals surface area contributed by atoms with E-state index in [0.717, 1.165) is 22.3 Å². The molecule has 0 saturated heterocycles. The highest BCUT2D eigenvalue weighted by atomic mass is 16.6. The minimum Gasteiger partial charge on any atom is -0.371 e. The van der Waals surface area contributed by atoms with Crippen LogP contribution in [0.4, 0.5) is 5.69 Å². The number of aromatic nitrogens is 2. The van der Waals surface area contributed by atoms with Gasteiger partial charge in [0.15, 0.2) is 5.52 Å². The molecule has 7 heteroatoms. The molecule has 0 spiro atoms. The molecule has 0 aliphatic carbocycles. The summed E-state index contributed by atoms with van der Waals surface area (Å²) in [4.78, 5) is 16.3. The maximum Gasteiger partial charge on any atom is 0.236 e. The van der Waals surface area contributed by atoms with Gasteiger partial charge in [-0.2, -0.15) is 0 Å². The molecule has 3 aromatic rings. The predicted molar refractivity (Wildman–Crippen MR) is 120 cm³/mol. The van der Waals surface area contributed by atoms with E-state index in [2.05, 4.69) is 58.6 Å². The number of nitrogens with one attached hydrogen (secondary N) is 1.